The van der Waals surface area contributed by atoms with E-state index in [0.717, 1.165) is 16.9 Å². The minimum Gasteiger partial charge on any atom is -0.489 e. The van der Waals surface area contributed by atoms with Crippen LogP contribution in [0.15, 0.2) is 53.6 Å². The van der Waals surface area contributed by atoms with Crippen LogP contribution in [-0.4, -0.2) is 18.4 Å². The zero-order valence-corrected chi connectivity index (χ0v) is 13.5. The highest BCUT2D eigenvalue weighted by Gasteiger charge is 1.98. The number of nitrogens with one attached hydrogen (secondary N) is 2. The standard InChI is InChI=1S/C17H19N3OS/c1-13-5-3-7-15(9-13)12-21-16-8-4-6-14(10-16)11-19-20-17(22)18-2/h3-11H,12H2,1-2H3,(H2,18,20,22)/b19-11+. The Balaban J connectivity index is 1.95. The van der Waals surface area contributed by atoms with Gasteiger partial charge in [-0.3, -0.25) is 5.43 Å². The van der Waals surface area contributed by atoms with E-state index >= 15 is 0 Å². The van der Waals surface area contributed by atoms with Gasteiger partial charge in [0.25, 0.3) is 0 Å². The Labute approximate surface area is 136 Å². The molecule has 4 nitrogen and oxygen atoms in total. The quantitative estimate of drug-likeness (QED) is 0.506. The van der Waals surface area contributed by atoms with Crippen LogP contribution in [0.25, 0.3) is 0 Å². The summed E-state index contributed by atoms with van der Waals surface area (Å²) in [6.07, 6.45) is 1.70. The minimum atomic E-state index is 0.475. The molecule has 0 aliphatic carbocycles. The van der Waals surface area contributed by atoms with Crippen LogP contribution >= 0.6 is 12.2 Å². The molecule has 114 valence electrons. The van der Waals surface area contributed by atoms with Gasteiger partial charge < -0.3 is 10.1 Å². The van der Waals surface area contributed by atoms with Crippen LogP contribution in [0.2, 0.25) is 0 Å². The summed E-state index contributed by atoms with van der Waals surface area (Å²) >= 11 is 4.94. The van der Waals surface area contributed by atoms with Gasteiger partial charge in [0.05, 0.1) is 6.21 Å². The molecule has 0 spiro atoms. The number of hydrogen-bond donors (Lipinski definition) is 2. The Morgan fingerprint density at radius 1 is 1.23 bits per heavy atom. The molecule has 0 unspecified atom stereocenters. The molecule has 0 fully saturated rings. The highest BCUT2D eigenvalue weighted by atomic mass is 32.1. The molecule has 0 heterocycles. The predicted molar refractivity (Wildman–Crippen MR) is 94.3 cm³/mol. The normalized spacial score (nSPS) is 10.5. The first-order valence-electron chi connectivity index (χ1n) is 6.96. The van der Waals surface area contributed by atoms with E-state index in [-0.39, 0.29) is 0 Å². The topological polar surface area (TPSA) is 45.7 Å². The third-order valence-corrected chi connectivity index (χ3v) is 3.25. The summed E-state index contributed by atoms with van der Waals surface area (Å²) in [7, 11) is 1.74. The smallest absolute Gasteiger partial charge is 0.186 e. The van der Waals surface area contributed by atoms with Crippen LogP contribution in [0.4, 0.5) is 0 Å². The number of benzene rings is 2. The van der Waals surface area contributed by atoms with Crippen LogP contribution < -0.4 is 15.5 Å². The average molecular weight is 313 g/mol. The van der Waals surface area contributed by atoms with Gasteiger partial charge in [0.15, 0.2) is 5.11 Å². The fourth-order valence-corrected chi connectivity index (χ4v) is 1.93. The fourth-order valence-electron chi connectivity index (χ4n) is 1.87. The maximum absolute atomic E-state index is 5.82. The van der Waals surface area contributed by atoms with Crippen LogP contribution in [0.5, 0.6) is 5.75 Å². The van der Waals surface area contributed by atoms with Crippen molar-refractivity contribution in [2.45, 2.75) is 13.5 Å². The number of ether oxygens (including phenoxy) is 1. The van der Waals surface area contributed by atoms with Gasteiger partial charge in [-0.15, -0.1) is 0 Å². The number of aryl methyl sites for hydroxylation is 1. The van der Waals surface area contributed by atoms with Crippen molar-refractivity contribution < 1.29 is 4.74 Å². The van der Waals surface area contributed by atoms with Crippen molar-refractivity contribution in [3.63, 3.8) is 0 Å². The Morgan fingerprint density at radius 3 is 2.82 bits per heavy atom. The van der Waals surface area contributed by atoms with Gasteiger partial charge in [0, 0.05) is 7.05 Å². The van der Waals surface area contributed by atoms with Crippen molar-refractivity contribution in [2.24, 2.45) is 5.10 Å². The van der Waals surface area contributed by atoms with Gasteiger partial charge >= 0.3 is 0 Å². The van der Waals surface area contributed by atoms with Crippen molar-refractivity contribution in [1.29, 1.82) is 0 Å². The SMILES string of the molecule is CNC(=S)N/N=C/c1cccc(OCc2cccc(C)c2)c1. The summed E-state index contributed by atoms with van der Waals surface area (Å²) in [5.74, 6) is 0.807. The lowest BCUT2D eigenvalue weighted by Crippen LogP contribution is -2.28. The van der Waals surface area contributed by atoms with E-state index in [1.54, 1.807) is 13.3 Å². The van der Waals surface area contributed by atoms with E-state index in [0.29, 0.717) is 11.7 Å². The lowest BCUT2D eigenvalue weighted by atomic mass is 10.1. The van der Waals surface area contributed by atoms with E-state index in [4.69, 9.17) is 17.0 Å². The first-order valence-corrected chi connectivity index (χ1v) is 7.37. The highest BCUT2D eigenvalue weighted by Crippen LogP contribution is 2.14. The molecule has 0 aliphatic heterocycles. The monoisotopic (exact) mass is 313 g/mol. The predicted octanol–water partition coefficient (Wildman–Crippen LogP) is 3.00. The molecule has 0 bridgehead atoms. The van der Waals surface area contributed by atoms with Gasteiger partial charge in [-0.1, -0.05) is 42.0 Å². The maximum atomic E-state index is 5.82. The second-order valence-electron chi connectivity index (χ2n) is 4.80. The third-order valence-electron chi connectivity index (χ3n) is 2.95. The van der Waals surface area contributed by atoms with E-state index in [2.05, 4.69) is 41.0 Å². The molecule has 5 heteroatoms. The number of hydrogen-bond acceptors (Lipinski definition) is 3. The van der Waals surface area contributed by atoms with Crippen molar-refractivity contribution in [3.05, 3.63) is 65.2 Å². The minimum absolute atomic E-state index is 0.475. The first kappa shape index (κ1) is 16.0. The molecule has 0 amide bonds. The van der Waals surface area contributed by atoms with Crippen LogP contribution in [0, 0.1) is 6.92 Å². The first-order chi connectivity index (χ1) is 10.7. The summed E-state index contributed by atoms with van der Waals surface area (Å²) in [4.78, 5) is 0. The van der Waals surface area contributed by atoms with E-state index in [1.807, 2.05) is 30.3 Å². The molecule has 0 saturated carbocycles. The van der Waals surface area contributed by atoms with Crippen molar-refractivity contribution >= 4 is 23.5 Å². The van der Waals surface area contributed by atoms with Gasteiger partial charge in [0.2, 0.25) is 0 Å². The summed E-state index contributed by atoms with van der Waals surface area (Å²) in [6, 6.07) is 16.0. The zero-order chi connectivity index (χ0) is 15.8. The van der Waals surface area contributed by atoms with Gasteiger partial charge in [-0.05, 0) is 42.4 Å². The Bertz CT molecular complexity index is 670. The summed E-state index contributed by atoms with van der Waals surface area (Å²) < 4.78 is 5.82. The van der Waals surface area contributed by atoms with E-state index in [9.17, 15) is 0 Å². The third kappa shape index (κ3) is 5.18. The molecule has 0 atom stereocenters. The molecule has 0 aliphatic rings. The Kier molecular flexibility index (Phi) is 5.91. The van der Waals surface area contributed by atoms with Crippen LogP contribution in [-0.2, 0) is 6.61 Å². The summed E-state index contributed by atoms with van der Waals surface area (Å²) in [5, 5.41) is 7.31. The molecular formula is C17H19N3OS. The number of rotatable bonds is 5. The molecule has 22 heavy (non-hydrogen) atoms. The van der Waals surface area contributed by atoms with Crippen molar-refractivity contribution in [3.8, 4) is 5.75 Å². The lowest BCUT2D eigenvalue weighted by Gasteiger charge is -2.07. The van der Waals surface area contributed by atoms with E-state index < -0.39 is 0 Å². The second kappa shape index (κ2) is 8.14. The number of nitrogens with zero attached hydrogens (tertiary/aromatic N) is 1. The maximum Gasteiger partial charge on any atom is 0.186 e. The second-order valence-corrected chi connectivity index (χ2v) is 5.21. The van der Waals surface area contributed by atoms with Gasteiger partial charge in [-0.25, -0.2) is 0 Å². The lowest BCUT2D eigenvalue weighted by molar-refractivity contribution is 0.306. The molecule has 0 aromatic heterocycles. The zero-order valence-electron chi connectivity index (χ0n) is 12.7. The molecule has 0 saturated heterocycles. The summed E-state index contributed by atoms with van der Waals surface area (Å²) in [6.45, 7) is 2.62. The summed E-state index contributed by atoms with van der Waals surface area (Å²) in [5.41, 5.74) is 6.03. The fraction of sp³-hybridized carbons (Fsp3) is 0.176. The number of hydrazone groups is 1. The van der Waals surface area contributed by atoms with E-state index in [1.165, 1.54) is 5.56 Å². The van der Waals surface area contributed by atoms with Crippen molar-refractivity contribution in [1.82, 2.24) is 10.7 Å². The Morgan fingerprint density at radius 2 is 2.05 bits per heavy atom. The van der Waals surface area contributed by atoms with Crippen LogP contribution in [0.3, 0.4) is 0 Å². The van der Waals surface area contributed by atoms with Crippen LogP contribution in [0.1, 0.15) is 16.7 Å². The molecular weight excluding hydrogens is 294 g/mol. The molecule has 0 radical (unpaired) electrons. The Hall–Kier alpha value is -2.40. The molecule has 2 aromatic rings. The van der Waals surface area contributed by atoms with Gasteiger partial charge in [0.1, 0.15) is 12.4 Å². The largest absolute Gasteiger partial charge is 0.489 e. The van der Waals surface area contributed by atoms with Crippen molar-refractivity contribution in [2.75, 3.05) is 7.05 Å². The highest BCUT2D eigenvalue weighted by molar-refractivity contribution is 7.80. The molecule has 2 rings (SSSR count). The molecule has 2 N–H and O–H groups in total. The van der Waals surface area contributed by atoms with Gasteiger partial charge in [-0.2, -0.15) is 5.10 Å². The molecule has 2 aromatic carbocycles. The number of thiocarbonyl (C=S) groups is 1. The average Bonchev–Trinajstić information content (AvgIpc) is 2.53.